The second kappa shape index (κ2) is 17.0. The molecule has 0 aliphatic carbocycles. The molecule has 0 saturated carbocycles. The molecule has 22 heavy (non-hydrogen) atoms. The average molecular weight is 315 g/mol. The van der Waals surface area contributed by atoms with Crippen LogP contribution in [-0.4, -0.2) is 28.7 Å². The maximum Gasteiger partial charge on any atom is 0.129 e. The largest absolute Gasteiger partial charge is 0.396 e. The van der Waals surface area contributed by atoms with Crippen molar-refractivity contribution in [3.8, 4) is 0 Å². The molecule has 0 aromatic heterocycles. The highest BCUT2D eigenvalue weighted by Gasteiger charge is 2.03. The van der Waals surface area contributed by atoms with Gasteiger partial charge in [-0.15, -0.1) is 0 Å². The van der Waals surface area contributed by atoms with Crippen molar-refractivity contribution in [2.45, 2.75) is 109 Å². The van der Waals surface area contributed by atoms with Crippen molar-refractivity contribution in [1.29, 1.82) is 0 Å². The van der Waals surface area contributed by atoms with E-state index < -0.39 is 0 Å². The van der Waals surface area contributed by atoms with Gasteiger partial charge < -0.3 is 15.0 Å². The molecular weight excluding hydrogens is 276 g/mol. The summed E-state index contributed by atoms with van der Waals surface area (Å²) in [5.41, 5.74) is 0. The number of unbranched alkanes of at least 4 members (excludes halogenated alkanes) is 10. The predicted molar refractivity (Wildman–Crippen MR) is 93.0 cm³/mol. The van der Waals surface area contributed by atoms with E-state index in [-0.39, 0.29) is 6.10 Å². The van der Waals surface area contributed by atoms with Gasteiger partial charge in [0.2, 0.25) is 0 Å². The average Bonchev–Trinajstić information content (AvgIpc) is 2.48. The molecule has 0 aromatic carbocycles. The minimum Gasteiger partial charge on any atom is -0.396 e. The van der Waals surface area contributed by atoms with Crippen LogP contribution in [0.3, 0.4) is 0 Å². The summed E-state index contributed by atoms with van der Waals surface area (Å²) < 4.78 is 0. The maximum atomic E-state index is 10.8. The summed E-state index contributed by atoms with van der Waals surface area (Å²) >= 11 is 0. The fourth-order valence-electron chi connectivity index (χ4n) is 2.80. The maximum absolute atomic E-state index is 10.8. The number of Topliss-reactive ketones (excluding diaryl/α,β-unsaturated/α-hetero) is 1. The number of carbonyl (C=O) groups is 1. The highest BCUT2D eigenvalue weighted by molar-refractivity contribution is 5.75. The topological polar surface area (TPSA) is 57.5 Å². The number of hydrogen-bond acceptors (Lipinski definition) is 3. The fraction of sp³-hybridized carbons (Fsp3) is 0.947. The van der Waals surface area contributed by atoms with Crippen molar-refractivity contribution in [3.05, 3.63) is 0 Å². The van der Waals surface area contributed by atoms with Crippen LogP contribution < -0.4 is 0 Å². The van der Waals surface area contributed by atoms with E-state index in [4.69, 9.17) is 5.11 Å². The van der Waals surface area contributed by atoms with Crippen LogP contribution in [0.2, 0.25) is 0 Å². The summed E-state index contributed by atoms with van der Waals surface area (Å²) in [4.78, 5) is 10.8. The van der Waals surface area contributed by atoms with Crippen molar-refractivity contribution in [1.82, 2.24) is 0 Å². The Kier molecular flexibility index (Phi) is 16.6. The predicted octanol–water partition coefficient (Wildman–Crippen LogP) is 4.78. The van der Waals surface area contributed by atoms with Crippen molar-refractivity contribution in [2.75, 3.05) is 6.61 Å². The van der Waals surface area contributed by atoms with Gasteiger partial charge in [0.1, 0.15) is 5.78 Å². The third kappa shape index (κ3) is 17.6. The summed E-state index contributed by atoms with van der Waals surface area (Å²) in [5.74, 6) is 0.295. The summed E-state index contributed by atoms with van der Waals surface area (Å²) in [6, 6.07) is 0. The molecule has 0 aromatic rings. The van der Waals surface area contributed by atoms with Gasteiger partial charge in [-0.1, -0.05) is 64.2 Å². The summed E-state index contributed by atoms with van der Waals surface area (Å²) in [7, 11) is 0. The number of hydrogen-bond donors (Lipinski definition) is 2. The van der Waals surface area contributed by atoms with Crippen LogP contribution in [0.4, 0.5) is 0 Å². The van der Waals surface area contributed by atoms with E-state index >= 15 is 0 Å². The Morgan fingerprint density at radius 3 is 1.59 bits per heavy atom. The molecule has 3 heteroatoms. The first-order valence-corrected chi connectivity index (χ1v) is 9.45. The van der Waals surface area contributed by atoms with Gasteiger partial charge in [0.15, 0.2) is 0 Å². The van der Waals surface area contributed by atoms with E-state index in [0.717, 1.165) is 57.8 Å². The van der Waals surface area contributed by atoms with Crippen LogP contribution in [-0.2, 0) is 4.79 Å². The van der Waals surface area contributed by atoms with E-state index in [1.165, 1.54) is 38.5 Å². The third-order valence-corrected chi connectivity index (χ3v) is 4.26. The molecule has 132 valence electrons. The first-order valence-electron chi connectivity index (χ1n) is 9.45. The van der Waals surface area contributed by atoms with Crippen molar-refractivity contribution >= 4 is 5.78 Å². The van der Waals surface area contributed by atoms with E-state index in [1.54, 1.807) is 6.92 Å². The van der Waals surface area contributed by atoms with Gasteiger partial charge >= 0.3 is 0 Å². The SMILES string of the molecule is CC(=O)CCCCCCCC(O)CCCCCCCCCO. The molecule has 0 spiro atoms. The van der Waals surface area contributed by atoms with Gasteiger partial charge in [0.05, 0.1) is 6.10 Å². The highest BCUT2D eigenvalue weighted by Crippen LogP contribution is 2.14. The summed E-state index contributed by atoms with van der Waals surface area (Å²) in [6.45, 7) is 1.98. The Hall–Kier alpha value is -0.410. The van der Waals surface area contributed by atoms with Crippen LogP contribution >= 0.6 is 0 Å². The van der Waals surface area contributed by atoms with Gasteiger partial charge in [-0.25, -0.2) is 0 Å². The molecule has 0 radical (unpaired) electrons. The molecule has 0 aliphatic heterocycles. The van der Waals surface area contributed by atoms with Gasteiger partial charge in [-0.05, 0) is 32.6 Å². The Labute approximate surface area is 137 Å². The molecular formula is C19H38O3. The molecule has 2 N–H and O–H groups in total. The van der Waals surface area contributed by atoms with Gasteiger partial charge in [-0.3, -0.25) is 0 Å². The lowest BCUT2D eigenvalue weighted by atomic mass is 10.0. The van der Waals surface area contributed by atoms with Crippen LogP contribution in [0.15, 0.2) is 0 Å². The van der Waals surface area contributed by atoms with Gasteiger partial charge in [0, 0.05) is 13.0 Å². The standard InChI is InChI=1S/C19H38O3/c1-18(21)14-10-6-5-8-12-16-19(22)15-11-7-3-2-4-9-13-17-20/h19-20,22H,2-17H2,1H3. The van der Waals surface area contributed by atoms with E-state index in [2.05, 4.69) is 0 Å². The second-order valence-electron chi connectivity index (χ2n) is 6.65. The quantitative estimate of drug-likeness (QED) is 0.380. The number of ketones is 1. The normalized spacial score (nSPS) is 12.5. The van der Waals surface area contributed by atoms with Crippen molar-refractivity contribution in [3.63, 3.8) is 0 Å². The lowest BCUT2D eigenvalue weighted by Crippen LogP contribution is -2.05. The number of rotatable bonds is 17. The Morgan fingerprint density at radius 1 is 0.727 bits per heavy atom. The highest BCUT2D eigenvalue weighted by atomic mass is 16.3. The Bertz CT molecular complexity index is 241. The fourth-order valence-corrected chi connectivity index (χ4v) is 2.80. The summed E-state index contributed by atoms with van der Waals surface area (Å²) in [5, 5.41) is 18.6. The number of aliphatic hydroxyl groups excluding tert-OH is 2. The molecule has 0 heterocycles. The number of carbonyl (C=O) groups excluding carboxylic acids is 1. The van der Waals surface area contributed by atoms with Gasteiger partial charge in [-0.2, -0.15) is 0 Å². The van der Waals surface area contributed by atoms with Crippen molar-refractivity contribution < 1.29 is 15.0 Å². The second-order valence-corrected chi connectivity index (χ2v) is 6.65. The molecule has 1 atom stereocenters. The first kappa shape index (κ1) is 21.6. The summed E-state index contributed by atoms with van der Waals surface area (Å²) in [6.07, 6.45) is 16.3. The van der Waals surface area contributed by atoms with Crippen LogP contribution in [0.25, 0.3) is 0 Å². The van der Waals surface area contributed by atoms with Gasteiger partial charge in [0.25, 0.3) is 0 Å². The third-order valence-electron chi connectivity index (χ3n) is 4.26. The lowest BCUT2D eigenvalue weighted by molar-refractivity contribution is -0.117. The van der Waals surface area contributed by atoms with Crippen molar-refractivity contribution in [2.24, 2.45) is 0 Å². The molecule has 1 unspecified atom stereocenters. The molecule has 0 fully saturated rings. The molecule has 3 nitrogen and oxygen atoms in total. The monoisotopic (exact) mass is 314 g/mol. The Balaban J connectivity index is 3.16. The molecule has 0 amide bonds. The molecule has 0 aliphatic rings. The van der Waals surface area contributed by atoms with E-state index in [9.17, 15) is 9.90 Å². The zero-order valence-electron chi connectivity index (χ0n) is 14.7. The minimum absolute atomic E-state index is 0.119. The van der Waals surface area contributed by atoms with Crippen LogP contribution in [0, 0.1) is 0 Å². The molecule has 0 bridgehead atoms. The van der Waals surface area contributed by atoms with E-state index in [0.29, 0.717) is 12.4 Å². The van der Waals surface area contributed by atoms with Crippen LogP contribution in [0.5, 0.6) is 0 Å². The molecule has 0 rings (SSSR count). The van der Waals surface area contributed by atoms with Crippen LogP contribution in [0.1, 0.15) is 103 Å². The smallest absolute Gasteiger partial charge is 0.129 e. The zero-order chi connectivity index (χ0) is 16.5. The van der Waals surface area contributed by atoms with E-state index in [1.807, 2.05) is 0 Å². The number of aliphatic hydroxyl groups is 2. The minimum atomic E-state index is -0.119. The molecule has 0 saturated heterocycles. The zero-order valence-corrected chi connectivity index (χ0v) is 14.7. The first-order chi connectivity index (χ1) is 10.7. The lowest BCUT2D eigenvalue weighted by Gasteiger charge is -2.10. The Morgan fingerprint density at radius 2 is 1.14 bits per heavy atom.